The van der Waals surface area contributed by atoms with Gasteiger partial charge < -0.3 is 93.6 Å². The Hall–Kier alpha value is -6.23. The van der Waals surface area contributed by atoms with Gasteiger partial charge in [-0.3, -0.25) is 68.3 Å². The molecule has 0 saturated carbocycles. The minimum Gasteiger partial charge on any atom is -1.00 e. The van der Waals surface area contributed by atoms with Crippen LogP contribution in [0.3, 0.4) is 0 Å². The minimum absolute atomic E-state index is 0. The van der Waals surface area contributed by atoms with E-state index in [1.807, 2.05) is 51.3 Å². The van der Waals surface area contributed by atoms with Gasteiger partial charge in [-0.25, -0.2) is 0 Å². The van der Waals surface area contributed by atoms with Gasteiger partial charge in [-0.2, -0.15) is 39.5 Å². The fourth-order valence-electron chi connectivity index (χ4n) is 11.2. The number of esters is 8. The first kappa shape index (κ1) is 109. The van der Waals surface area contributed by atoms with Crippen LogP contribution in [0, 0.1) is 0 Å². The van der Waals surface area contributed by atoms with Gasteiger partial charge in [0, 0.05) is 89.3 Å². The molecule has 0 aliphatic carbocycles. The molecule has 50 heteroatoms. The molecule has 0 spiro atoms. The number of aliphatic hydroxyl groups is 4. The normalized spacial score (nSPS) is 22.3. The fraction of sp³-hybridized carbons (Fsp3) is 0.493. The summed E-state index contributed by atoms with van der Waals surface area (Å²) in [5, 5.41) is 61.6. The maximum absolute atomic E-state index is 13.9. The van der Waals surface area contributed by atoms with Gasteiger partial charge in [-0.15, -0.1) is 45.5 Å². The van der Waals surface area contributed by atoms with Gasteiger partial charge in [0.1, 0.15) is 66.9 Å². The molecule has 0 bridgehead atoms. The summed E-state index contributed by atoms with van der Waals surface area (Å²) >= 11 is 7.67. The summed E-state index contributed by atoms with van der Waals surface area (Å²) in [6, 6.07) is 20.7. The molecule has 35 nitrogen and oxygen atoms in total. The third-order valence-corrected chi connectivity index (χ3v) is 19.2. The number of carbonyl (C=O) groups excluding carboxylic acids is 9. The van der Waals surface area contributed by atoms with E-state index in [4.69, 9.17) is 71.6 Å². The Labute approximate surface area is 789 Å². The molecule has 6 aromatic rings. The summed E-state index contributed by atoms with van der Waals surface area (Å²) < 4.78 is 189. The molecule has 3 aromatic carbocycles. The van der Waals surface area contributed by atoms with E-state index < -0.39 is 205 Å². The number of H-pyrrole nitrogens is 4. The summed E-state index contributed by atoms with van der Waals surface area (Å²) in [6.07, 6.45) is -29.1. The predicted octanol–water partition coefficient (Wildman–Crippen LogP) is 0.177. The number of alkyl halides is 10. The number of aromatic nitrogens is 6. The first-order chi connectivity index (χ1) is 55.8. The van der Waals surface area contributed by atoms with E-state index in [0.29, 0.717) is 16.7 Å². The smallest absolute Gasteiger partial charge is 1.00 e. The molecule has 3 aliphatic heterocycles. The average molecular weight is 1910 g/mol. The topological polar surface area (TPSA) is 493 Å². The van der Waals surface area contributed by atoms with Crippen LogP contribution in [0.2, 0.25) is 0 Å². The third kappa shape index (κ3) is 34.2. The number of halogens is 10. The molecular formula is C71H82BrF9K2N6O29S3. The third-order valence-electron chi connectivity index (χ3n) is 16.2. The van der Waals surface area contributed by atoms with E-state index in [2.05, 4.69) is 31.0 Å². The molecule has 8 N–H and O–H groups in total. The Balaban J connectivity index is 0.000000559. The first-order valence-corrected chi connectivity index (χ1v) is 39.0. The van der Waals surface area contributed by atoms with Gasteiger partial charge in [0.2, 0.25) is 30.4 Å². The van der Waals surface area contributed by atoms with Crippen LogP contribution < -0.4 is 123 Å². The molecule has 0 amide bonds. The van der Waals surface area contributed by atoms with E-state index in [1.165, 1.54) is 37.4 Å². The number of nitrogens with zero attached hydrogens (tertiary/aromatic N) is 2. The number of benzene rings is 3. The monoisotopic (exact) mass is 1910 g/mol. The molecule has 15 atom stereocenters. The number of thioether (sulfide) groups is 3. The van der Waals surface area contributed by atoms with Crippen molar-refractivity contribution in [2.75, 3.05) is 38.6 Å². The predicted molar refractivity (Wildman–Crippen MR) is 393 cm³/mol. The van der Waals surface area contributed by atoms with Crippen LogP contribution in [-0.4, -0.2) is 235 Å². The Kier molecular flexibility index (Phi) is 46.3. The van der Waals surface area contributed by atoms with E-state index in [-0.39, 0.29) is 153 Å². The van der Waals surface area contributed by atoms with Gasteiger partial charge in [-0.1, -0.05) is 52.3 Å². The van der Waals surface area contributed by atoms with Gasteiger partial charge in [0.15, 0.2) is 35.5 Å². The van der Waals surface area contributed by atoms with E-state index in [9.17, 15) is 103 Å². The van der Waals surface area contributed by atoms with E-state index >= 15 is 0 Å². The van der Waals surface area contributed by atoms with Crippen molar-refractivity contribution in [1.29, 1.82) is 0 Å². The maximum Gasteiger partial charge on any atom is 1.00 e. The van der Waals surface area contributed by atoms with Gasteiger partial charge >= 0.3 is 169 Å². The summed E-state index contributed by atoms with van der Waals surface area (Å²) in [6.45, 7) is 7.26. The quantitative estimate of drug-likeness (QED) is 0.00436. The Bertz CT molecular complexity index is 4410. The van der Waals surface area contributed by atoms with Crippen molar-refractivity contribution in [1.82, 2.24) is 30.6 Å². The molecule has 9 rings (SSSR count). The van der Waals surface area contributed by atoms with Crippen molar-refractivity contribution in [2.45, 2.75) is 199 Å². The number of rotatable bonds is 25. The van der Waals surface area contributed by atoms with Crippen molar-refractivity contribution in [3.8, 4) is 11.8 Å². The van der Waals surface area contributed by atoms with Crippen molar-refractivity contribution in [2.24, 2.45) is 0 Å². The van der Waals surface area contributed by atoms with Gasteiger partial charge in [0.25, 0.3) is 12.0 Å². The summed E-state index contributed by atoms with van der Waals surface area (Å²) in [5.74, 6) is -6.89. The molecule has 6 heterocycles. The number of aromatic amines is 4. The van der Waals surface area contributed by atoms with Crippen molar-refractivity contribution >= 4 is 105 Å². The average Bonchev–Trinajstić information content (AvgIpc) is 0.901. The number of carbonyl (C=O) groups is 9. The Morgan fingerprint density at radius 1 is 0.471 bits per heavy atom. The summed E-state index contributed by atoms with van der Waals surface area (Å²) in [7, 11) is 0. The van der Waals surface area contributed by atoms with E-state index in [1.54, 1.807) is 72.4 Å². The summed E-state index contributed by atoms with van der Waals surface area (Å²) in [5.41, 5.74) is -3.29. The first-order valence-electron chi connectivity index (χ1n) is 34.4. The zero-order chi connectivity index (χ0) is 89.1. The van der Waals surface area contributed by atoms with Crippen molar-refractivity contribution in [3.63, 3.8) is 0 Å². The summed E-state index contributed by atoms with van der Waals surface area (Å²) in [4.78, 5) is 118. The molecule has 3 aliphatic rings. The largest absolute Gasteiger partial charge is 1.00 e. The second kappa shape index (κ2) is 51.4. The zero-order valence-electron chi connectivity index (χ0n) is 67.3. The second-order valence-corrected chi connectivity index (χ2v) is 28.6. The SMILES string of the molecule is CC(=O)OC[C@H]1O[C@H](Br)[C@H](OC(C)=O)[C@@H](OC(C)=O)[C@@H]1OC(C)=O.CSc1ccc(Cc2c(C(F)(F)F)[nH][nH]c2=O)cc1.CSc1ccc(Cc2c(O[C@@H]3O[C@H](CO)[C@@H](O)[C@H](O)[C@H]3O)n[nH]c2C(F)(F)F)cc1.CSc1ccc(Cc2c(O[C@@H]3O[C@H](COC(C)=O)[C@@H](OC(C)=O)[C@H](OC(C)=O)[C@H]3OC(C)=O)n[nH]c2C(F)(F)F)cc1.O=CO[O-].[H-].[K+].[K+]. The van der Waals surface area contributed by atoms with Crippen LogP contribution in [-0.2, 0) is 138 Å². The second-order valence-electron chi connectivity index (χ2n) is 25.0. The van der Waals surface area contributed by atoms with Crippen LogP contribution in [0.5, 0.6) is 11.8 Å². The van der Waals surface area contributed by atoms with Crippen LogP contribution in [0.4, 0.5) is 39.5 Å². The minimum atomic E-state index is -4.84. The van der Waals surface area contributed by atoms with Gasteiger partial charge in [0.05, 0.1) is 23.3 Å². The molecule has 3 fully saturated rings. The fourth-order valence-corrected chi connectivity index (χ4v) is 13.1. The Morgan fingerprint density at radius 3 is 1.13 bits per heavy atom. The molecule has 0 radical (unpaired) electrons. The van der Waals surface area contributed by atoms with Crippen LogP contribution >= 0.6 is 51.2 Å². The zero-order valence-corrected chi connectivity index (χ0v) is 76.6. The molecular weight excluding hydrogens is 1830 g/mol. The van der Waals surface area contributed by atoms with Crippen LogP contribution in [0.1, 0.15) is 107 Å². The van der Waals surface area contributed by atoms with Crippen molar-refractivity contribution in [3.05, 3.63) is 134 Å². The molecule has 3 aromatic heterocycles. The standard InChI is InChI=1S/C26H29F3N2O10S.C18H21F3N2O6S.C14H19BrO9.C12H11F3N2OS.CH2O3.2K.H/c1-12(32)36-11-19-20(37-13(2)33)21(38-14(3)34)22(39-15(4)35)25(40-19)41-24-18(23(30-31-24)26(27,28)29)10-16-6-8-17(42-5)9-7-16;1-30-9-4-2-8(3-5-9)6-10-15(18(19,20)21)22-23-16(10)29-17-14(27)13(26)12(25)11(7-24)28-17;1-6(16)20-5-10-11(21-7(2)17)12(22-8(3)18)13(14(15)24-10)23-9(4)19;1-19-8-4-2-7(3-5-8)6-9-10(12(13,14)15)16-17-11(9)18;2-1-4-3;;;/h6-9,19-22,25H,10-11H2,1-5H3,(H,30,31);2-5,11-14,17,24-27H,6-7H2,1H3,(H,22,23);10-14H,5H2,1-4H3;2-5H,6H2,1H3,(H2,16,17,18);1,3H;;;/q;;;;;2*+1;-1/p-1/t19-,20-,21+,22-,25+;11-,12-,13+,14-,17+;10-,11-,12+,13-,14+;;;;;/m111...../s1. The number of ether oxygens (including phenoxy) is 13. The molecule has 0 unspecified atom stereocenters. The van der Waals surface area contributed by atoms with Crippen molar-refractivity contribution < 1.29 is 279 Å². The van der Waals surface area contributed by atoms with E-state index in [0.717, 1.165) is 56.2 Å². The van der Waals surface area contributed by atoms with Crippen LogP contribution in [0.15, 0.2) is 92.3 Å². The number of hydrogen-bond acceptors (Lipinski definition) is 34. The number of nitrogens with one attached hydrogen (secondary N) is 4. The molecule has 121 heavy (non-hydrogen) atoms. The Morgan fingerprint density at radius 2 is 0.793 bits per heavy atom. The number of aliphatic hydroxyl groups excluding tert-OH is 4. The molecule has 660 valence electrons. The number of hydrogen-bond donors (Lipinski definition) is 8. The van der Waals surface area contributed by atoms with Crippen LogP contribution in [0.25, 0.3) is 0 Å². The maximum atomic E-state index is 13.9. The molecule has 3 saturated heterocycles. The van der Waals surface area contributed by atoms with Gasteiger partial charge in [-0.05, 0) is 71.9 Å².